The first-order chi connectivity index (χ1) is 15.9. The fourth-order valence-corrected chi connectivity index (χ4v) is 4.42. The summed E-state index contributed by atoms with van der Waals surface area (Å²) in [6.45, 7) is 4.35. The number of hydrogen-bond acceptors (Lipinski definition) is 3. The molecule has 1 aromatic heterocycles. The summed E-state index contributed by atoms with van der Waals surface area (Å²) in [5, 5.41) is 1.26. The van der Waals surface area contributed by atoms with Gasteiger partial charge in [0.25, 0.3) is 11.5 Å². The maximum atomic E-state index is 13.6. The Balaban J connectivity index is 1.90. The molecule has 0 aliphatic rings. The Bertz CT molecular complexity index is 1370. The van der Waals surface area contributed by atoms with Crippen molar-refractivity contribution in [3.63, 3.8) is 0 Å². The number of benzene rings is 3. The summed E-state index contributed by atoms with van der Waals surface area (Å²) in [6.07, 6.45) is 0.727. The molecular formula is C26H23Cl2N3O2. The normalized spacial score (nSPS) is 12.0. The molecule has 1 unspecified atom stereocenters. The van der Waals surface area contributed by atoms with Crippen LogP contribution in [0.1, 0.15) is 42.5 Å². The second kappa shape index (κ2) is 9.77. The lowest BCUT2D eigenvalue weighted by atomic mass is 10.1. The summed E-state index contributed by atoms with van der Waals surface area (Å²) in [5.41, 5.74) is 1.46. The van der Waals surface area contributed by atoms with Crippen molar-refractivity contribution in [3.05, 3.63) is 105 Å². The first-order valence-corrected chi connectivity index (χ1v) is 11.5. The fraction of sp³-hybridized carbons (Fsp3) is 0.192. The van der Waals surface area contributed by atoms with Crippen LogP contribution in [0, 0.1) is 0 Å². The molecule has 4 aromatic rings. The number of aromatic nitrogens is 2. The molecule has 5 nitrogen and oxygen atoms in total. The molecule has 0 saturated carbocycles. The van der Waals surface area contributed by atoms with Gasteiger partial charge in [-0.05, 0) is 55.8 Å². The van der Waals surface area contributed by atoms with Crippen molar-refractivity contribution in [2.45, 2.75) is 26.3 Å². The monoisotopic (exact) mass is 479 g/mol. The van der Waals surface area contributed by atoms with Crippen LogP contribution in [-0.4, -0.2) is 26.9 Å². The molecule has 0 spiro atoms. The maximum absolute atomic E-state index is 13.6. The van der Waals surface area contributed by atoms with Crippen molar-refractivity contribution < 1.29 is 4.79 Å². The SMILES string of the molecule is CCCN(C(=O)c1ccc(Cl)cc1Cl)C(C)c1nc2ccccc2c(=O)n1-c1ccccc1. The smallest absolute Gasteiger partial charge is 0.266 e. The number of nitrogens with zero attached hydrogens (tertiary/aromatic N) is 3. The van der Waals surface area contributed by atoms with Crippen molar-refractivity contribution in [1.29, 1.82) is 0 Å². The van der Waals surface area contributed by atoms with E-state index in [4.69, 9.17) is 28.2 Å². The van der Waals surface area contributed by atoms with E-state index >= 15 is 0 Å². The topological polar surface area (TPSA) is 55.2 Å². The zero-order valence-electron chi connectivity index (χ0n) is 18.3. The minimum atomic E-state index is -0.498. The maximum Gasteiger partial charge on any atom is 0.266 e. The van der Waals surface area contributed by atoms with Gasteiger partial charge in [-0.25, -0.2) is 4.98 Å². The Labute approximate surface area is 202 Å². The molecule has 0 saturated heterocycles. The van der Waals surface area contributed by atoms with Gasteiger partial charge in [0.1, 0.15) is 5.82 Å². The Morgan fingerprint density at radius 2 is 1.73 bits per heavy atom. The van der Waals surface area contributed by atoms with Crippen LogP contribution < -0.4 is 5.56 Å². The molecule has 0 fully saturated rings. The number of para-hydroxylation sites is 2. The van der Waals surface area contributed by atoms with Gasteiger partial charge in [-0.1, -0.05) is 60.5 Å². The van der Waals surface area contributed by atoms with Crippen molar-refractivity contribution in [2.24, 2.45) is 0 Å². The number of halogens is 2. The third-order valence-corrected chi connectivity index (χ3v) is 6.09. The Morgan fingerprint density at radius 3 is 2.42 bits per heavy atom. The van der Waals surface area contributed by atoms with Crippen molar-refractivity contribution in [2.75, 3.05) is 6.54 Å². The van der Waals surface area contributed by atoms with Gasteiger partial charge in [-0.3, -0.25) is 14.2 Å². The molecular weight excluding hydrogens is 457 g/mol. The molecule has 168 valence electrons. The first kappa shape index (κ1) is 23.0. The number of rotatable bonds is 6. The van der Waals surface area contributed by atoms with E-state index in [0.717, 1.165) is 6.42 Å². The minimum absolute atomic E-state index is 0.179. The van der Waals surface area contributed by atoms with E-state index in [1.54, 1.807) is 33.7 Å². The summed E-state index contributed by atoms with van der Waals surface area (Å²) in [6, 6.07) is 20.9. The van der Waals surface area contributed by atoms with Gasteiger partial charge in [0.05, 0.1) is 33.2 Å². The van der Waals surface area contributed by atoms with Crippen LogP contribution in [0.25, 0.3) is 16.6 Å². The minimum Gasteiger partial charge on any atom is -0.329 e. The van der Waals surface area contributed by atoms with Crippen LogP contribution in [0.5, 0.6) is 0 Å². The van der Waals surface area contributed by atoms with E-state index < -0.39 is 6.04 Å². The third-order valence-electron chi connectivity index (χ3n) is 5.54. The summed E-state index contributed by atoms with van der Waals surface area (Å²) < 4.78 is 1.59. The highest BCUT2D eigenvalue weighted by atomic mass is 35.5. The lowest BCUT2D eigenvalue weighted by Gasteiger charge is -2.30. The van der Waals surface area contributed by atoms with Gasteiger partial charge in [0.15, 0.2) is 0 Å². The summed E-state index contributed by atoms with van der Waals surface area (Å²) in [4.78, 5) is 33.7. The van der Waals surface area contributed by atoms with Crippen LogP contribution >= 0.6 is 23.2 Å². The lowest BCUT2D eigenvalue weighted by molar-refractivity contribution is 0.0681. The highest BCUT2D eigenvalue weighted by Crippen LogP contribution is 2.28. The lowest BCUT2D eigenvalue weighted by Crippen LogP contribution is -2.38. The van der Waals surface area contributed by atoms with E-state index in [2.05, 4.69) is 0 Å². The van der Waals surface area contributed by atoms with Crippen molar-refractivity contribution in [1.82, 2.24) is 14.5 Å². The van der Waals surface area contributed by atoms with Gasteiger partial charge in [-0.2, -0.15) is 0 Å². The molecule has 0 aliphatic heterocycles. The molecule has 1 heterocycles. The standard InChI is InChI=1S/C26H23Cl2N3O2/c1-3-15-30(25(32)20-14-13-18(27)16-22(20)28)17(2)24-29-23-12-8-7-11-21(23)26(33)31(24)19-9-5-4-6-10-19/h4-14,16-17H,3,15H2,1-2H3. The Hall–Kier alpha value is -3.15. The summed E-state index contributed by atoms with van der Waals surface area (Å²) in [5.74, 6) is 0.241. The van der Waals surface area contributed by atoms with Gasteiger partial charge in [0, 0.05) is 11.6 Å². The molecule has 33 heavy (non-hydrogen) atoms. The first-order valence-electron chi connectivity index (χ1n) is 10.8. The van der Waals surface area contributed by atoms with Gasteiger partial charge >= 0.3 is 0 Å². The Morgan fingerprint density at radius 1 is 1.03 bits per heavy atom. The molecule has 0 bridgehead atoms. The number of amides is 1. The second-order valence-electron chi connectivity index (χ2n) is 7.76. The average Bonchev–Trinajstić information content (AvgIpc) is 2.82. The molecule has 0 aliphatic carbocycles. The molecule has 1 atom stereocenters. The van der Waals surface area contributed by atoms with E-state index in [1.807, 2.05) is 62.4 Å². The predicted molar refractivity (Wildman–Crippen MR) is 134 cm³/mol. The van der Waals surface area contributed by atoms with Gasteiger partial charge in [-0.15, -0.1) is 0 Å². The highest BCUT2D eigenvalue weighted by molar-refractivity contribution is 6.36. The predicted octanol–water partition coefficient (Wildman–Crippen LogP) is 6.31. The van der Waals surface area contributed by atoms with Gasteiger partial charge < -0.3 is 4.90 Å². The van der Waals surface area contributed by atoms with Crippen molar-refractivity contribution in [3.8, 4) is 5.69 Å². The van der Waals surface area contributed by atoms with Crippen LogP contribution in [0.15, 0.2) is 77.6 Å². The fourth-order valence-electron chi connectivity index (χ4n) is 3.93. The largest absolute Gasteiger partial charge is 0.329 e. The number of fused-ring (bicyclic) bond motifs is 1. The van der Waals surface area contributed by atoms with E-state index in [1.165, 1.54) is 0 Å². The van der Waals surface area contributed by atoms with Crippen LogP contribution in [0.2, 0.25) is 10.0 Å². The number of hydrogen-bond donors (Lipinski definition) is 0. The molecule has 0 N–H and O–H groups in total. The van der Waals surface area contributed by atoms with Crippen molar-refractivity contribution >= 4 is 40.0 Å². The molecule has 1 amide bonds. The third kappa shape index (κ3) is 4.52. The zero-order valence-corrected chi connectivity index (χ0v) is 19.8. The summed E-state index contributed by atoms with van der Waals surface area (Å²) >= 11 is 12.4. The molecule has 7 heteroatoms. The van der Waals surface area contributed by atoms with Gasteiger partial charge in [0.2, 0.25) is 0 Å². The number of carbonyl (C=O) groups excluding carboxylic acids is 1. The van der Waals surface area contributed by atoms with Crippen LogP contribution in [0.3, 0.4) is 0 Å². The zero-order chi connectivity index (χ0) is 23.5. The van der Waals surface area contributed by atoms with Crippen LogP contribution in [0.4, 0.5) is 0 Å². The molecule has 0 radical (unpaired) electrons. The molecule has 4 rings (SSSR count). The van der Waals surface area contributed by atoms with E-state index in [-0.39, 0.29) is 16.5 Å². The number of carbonyl (C=O) groups is 1. The highest BCUT2D eigenvalue weighted by Gasteiger charge is 2.28. The molecule has 3 aromatic carbocycles. The quantitative estimate of drug-likeness (QED) is 0.325. The summed E-state index contributed by atoms with van der Waals surface area (Å²) in [7, 11) is 0. The Kier molecular flexibility index (Phi) is 6.82. The van der Waals surface area contributed by atoms with E-state index in [0.29, 0.717) is 39.5 Å². The van der Waals surface area contributed by atoms with Crippen LogP contribution in [-0.2, 0) is 0 Å². The second-order valence-corrected chi connectivity index (χ2v) is 8.61. The average molecular weight is 480 g/mol. The van der Waals surface area contributed by atoms with E-state index in [9.17, 15) is 9.59 Å².